The van der Waals surface area contributed by atoms with E-state index in [1.54, 1.807) is 0 Å². The zero-order valence-electron chi connectivity index (χ0n) is 13.2. The highest BCUT2D eigenvalue weighted by Gasteiger charge is 2.12. The van der Waals surface area contributed by atoms with Crippen LogP contribution < -0.4 is 5.32 Å². The van der Waals surface area contributed by atoms with Crippen molar-refractivity contribution in [2.45, 2.75) is 45.6 Å². The molecule has 0 fully saturated rings. The topological polar surface area (TPSA) is 15.3 Å². The van der Waals surface area contributed by atoms with Crippen molar-refractivity contribution >= 4 is 11.6 Å². The molecule has 0 bridgehead atoms. The number of hydrogen-bond donors (Lipinski definition) is 1. The average molecular weight is 297 g/mol. The summed E-state index contributed by atoms with van der Waals surface area (Å²) in [5.41, 5.74) is 1.30. The fourth-order valence-corrected chi connectivity index (χ4v) is 2.52. The standard InChI is InChI=1S/C17H29ClN2/c1-4-6-12-20(3)13-10-17(19-11-5-2)15-8-7-9-16(18)14-15/h7-9,14,17,19H,4-6,10-13H2,1-3H3. The third-order valence-corrected chi connectivity index (χ3v) is 3.82. The van der Waals surface area contributed by atoms with E-state index < -0.39 is 0 Å². The lowest BCUT2D eigenvalue weighted by Gasteiger charge is -2.23. The van der Waals surface area contributed by atoms with Crippen LogP contribution in [0.15, 0.2) is 24.3 Å². The first kappa shape index (κ1) is 17.5. The van der Waals surface area contributed by atoms with Crippen LogP contribution in [0.4, 0.5) is 0 Å². The van der Waals surface area contributed by atoms with Crippen LogP contribution in [0.25, 0.3) is 0 Å². The monoisotopic (exact) mass is 296 g/mol. The molecule has 0 amide bonds. The molecule has 1 rings (SSSR count). The van der Waals surface area contributed by atoms with Crippen LogP contribution in [0.2, 0.25) is 5.02 Å². The highest BCUT2D eigenvalue weighted by atomic mass is 35.5. The van der Waals surface area contributed by atoms with Crippen LogP contribution in [0.1, 0.15) is 51.1 Å². The maximum absolute atomic E-state index is 6.12. The first-order valence-corrected chi connectivity index (χ1v) is 8.22. The molecule has 1 atom stereocenters. The first-order valence-electron chi connectivity index (χ1n) is 7.84. The Morgan fingerprint density at radius 1 is 1.20 bits per heavy atom. The van der Waals surface area contributed by atoms with Crippen LogP contribution in [-0.4, -0.2) is 31.6 Å². The van der Waals surface area contributed by atoms with Crippen molar-refractivity contribution in [3.05, 3.63) is 34.9 Å². The molecule has 0 saturated heterocycles. The second-order valence-electron chi connectivity index (χ2n) is 5.51. The van der Waals surface area contributed by atoms with Crippen molar-refractivity contribution in [3.63, 3.8) is 0 Å². The van der Waals surface area contributed by atoms with Crippen molar-refractivity contribution in [2.24, 2.45) is 0 Å². The van der Waals surface area contributed by atoms with E-state index >= 15 is 0 Å². The second kappa shape index (κ2) is 10.2. The number of nitrogens with zero attached hydrogens (tertiary/aromatic N) is 1. The molecule has 1 aromatic rings. The molecule has 0 aliphatic carbocycles. The molecule has 0 saturated carbocycles. The second-order valence-corrected chi connectivity index (χ2v) is 5.94. The van der Waals surface area contributed by atoms with Crippen molar-refractivity contribution in [1.29, 1.82) is 0 Å². The highest BCUT2D eigenvalue weighted by molar-refractivity contribution is 6.30. The van der Waals surface area contributed by atoms with Crippen molar-refractivity contribution in [2.75, 3.05) is 26.7 Å². The fourth-order valence-electron chi connectivity index (χ4n) is 2.32. The lowest BCUT2D eigenvalue weighted by molar-refractivity contribution is 0.303. The highest BCUT2D eigenvalue weighted by Crippen LogP contribution is 2.21. The number of benzene rings is 1. The summed E-state index contributed by atoms with van der Waals surface area (Å²) < 4.78 is 0. The molecule has 2 nitrogen and oxygen atoms in total. The van der Waals surface area contributed by atoms with E-state index in [4.69, 9.17) is 11.6 Å². The Morgan fingerprint density at radius 2 is 2.00 bits per heavy atom. The molecule has 1 aromatic carbocycles. The Labute approximate surface area is 129 Å². The molecule has 1 unspecified atom stereocenters. The van der Waals surface area contributed by atoms with Gasteiger partial charge in [0.2, 0.25) is 0 Å². The summed E-state index contributed by atoms with van der Waals surface area (Å²) in [5, 5.41) is 4.46. The Balaban J connectivity index is 2.55. The number of rotatable bonds is 10. The van der Waals surface area contributed by atoms with E-state index in [-0.39, 0.29) is 0 Å². The minimum atomic E-state index is 0.401. The minimum absolute atomic E-state index is 0.401. The van der Waals surface area contributed by atoms with Gasteiger partial charge in [-0.1, -0.05) is 44.0 Å². The van der Waals surface area contributed by atoms with E-state index in [1.165, 1.54) is 24.9 Å². The van der Waals surface area contributed by atoms with Gasteiger partial charge in [-0.25, -0.2) is 0 Å². The summed E-state index contributed by atoms with van der Waals surface area (Å²) in [6.07, 6.45) is 4.82. The molecule has 0 spiro atoms. The zero-order chi connectivity index (χ0) is 14.8. The molecule has 0 aromatic heterocycles. The molecule has 0 aliphatic rings. The number of halogens is 1. The van der Waals surface area contributed by atoms with Gasteiger partial charge in [0.15, 0.2) is 0 Å². The average Bonchev–Trinajstić information content (AvgIpc) is 2.45. The third-order valence-electron chi connectivity index (χ3n) is 3.58. The van der Waals surface area contributed by atoms with Crippen LogP contribution in [0, 0.1) is 0 Å². The number of hydrogen-bond acceptors (Lipinski definition) is 2. The van der Waals surface area contributed by atoms with Crippen molar-refractivity contribution < 1.29 is 0 Å². The molecule has 3 heteroatoms. The van der Waals surface area contributed by atoms with Gasteiger partial charge in [0.25, 0.3) is 0 Å². The van der Waals surface area contributed by atoms with Gasteiger partial charge in [-0.3, -0.25) is 0 Å². The van der Waals surface area contributed by atoms with Gasteiger partial charge >= 0.3 is 0 Å². The molecular formula is C17H29ClN2. The van der Waals surface area contributed by atoms with E-state index in [1.807, 2.05) is 12.1 Å². The van der Waals surface area contributed by atoms with Gasteiger partial charge in [-0.05, 0) is 63.6 Å². The third kappa shape index (κ3) is 6.74. The summed E-state index contributed by atoms with van der Waals surface area (Å²) in [6, 6.07) is 8.64. The van der Waals surface area contributed by atoms with E-state index in [9.17, 15) is 0 Å². The van der Waals surface area contributed by atoms with E-state index in [2.05, 4.69) is 43.2 Å². The Bertz CT molecular complexity index is 368. The normalized spacial score (nSPS) is 12.8. The van der Waals surface area contributed by atoms with E-state index in [0.717, 1.165) is 31.0 Å². The predicted molar refractivity (Wildman–Crippen MR) is 89.5 cm³/mol. The zero-order valence-corrected chi connectivity index (χ0v) is 13.9. The Morgan fingerprint density at radius 3 is 2.65 bits per heavy atom. The van der Waals surface area contributed by atoms with Crippen LogP contribution in [-0.2, 0) is 0 Å². The van der Waals surface area contributed by atoms with Crippen LogP contribution in [0.3, 0.4) is 0 Å². The molecule has 0 heterocycles. The van der Waals surface area contributed by atoms with Gasteiger partial charge in [-0.2, -0.15) is 0 Å². The SMILES string of the molecule is CCCCN(C)CCC(NCCC)c1cccc(Cl)c1. The molecular weight excluding hydrogens is 268 g/mol. The predicted octanol–water partition coefficient (Wildman–Crippen LogP) is 4.50. The lowest BCUT2D eigenvalue weighted by Crippen LogP contribution is -2.28. The number of unbranched alkanes of at least 4 members (excludes halogenated alkanes) is 1. The Kier molecular flexibility index (Phi) is 8.92. The summed E-state index contributed by atoms with van der Waals surface area (Å²) in [7, 11) is 2.21. The quantitative estimate of drug-likeness (QED) is 0.684. The van der Waals surface area contributed by atoms with Gasteiger partial charge in [0.1, 0.15) is 0 Å². The maximum Gasteiger partial charge on any atom is 0.0409 e. The van der Waals surface area contributed by atoms with Crippen molar-refractivity contribution in [3.8, 4) is 0 Å². The van der Waals surface area contributed by atoms with Gasteiger partial charge in [-0.15, -0.1) is 0 Å². The molecule has 20 heavy (non-hydrogen) atoms. The lowest BCUT2D eigenvalue weighted by atomic mass is 10.0. The molecule has 114 valence electrons. The van der Waals surface area contributed by atoms with Gasteiger partial charge in [0.05, 0.1) is 0 Å². The first-order chi connectivity index (χ1) is 9.67. The number of nitrogens with one attached hydrogen (secondary N) is 1. The summed E-state index contributed by atoms with van der Waals surface area (Å²) in [4.78, 5) is 2.43. The van der Waals surface area contributed by atoms with Crippen LogP contribution in [0.5, 0.6) is 0 Å². The summed E-state index contributed by atoms with van der Waals surface area (Å²) in [6.45, 7) is 7.80. The fraction of sp³-hybridized carbons (Fsp3) is 0.647. The molecule has 0 aliphatic heterocycles. The maximum atomic E-state index is 6.12. The minimum Gasteiger partial charge on any atom is -0.310 e. The van der Waals surface area contributed by atoms with Gasteiger partial charge < -0.3 is 10.2 Å². The van der Waals surface area contributed by atoms with Crippen molar-refractivity contribution in [1.82, 2.24) is 10.2 Å². The molecule has 0 radical (unpaired) electrons. The molecule has 1 N–H and O–H groups in total. The largest absolute Gasteiger partial charge is 0.310 e. The Hall–Kier alpha value is -0.570. The van der Waals surface area contributed by atoms with Crippen LogP contribution >= 0.6 is 11.6 Å². The smallest absolute Gasteiger partial charge is 0.0409 e. The van der Waals surface area contributed by atoms with Gasteiger partial charge in [0, 0.05) is 11.1 Å². The summed E-state index contributed by atoms with van der Waals surface area (Å²) >= 11 is 6.12. The van der Waals surface area contributed by atoms with E-state index in [0.29, 0.717) is 6.04 Å². The summed E-state index contributed by atoms with van der Waals surface area (Å²) in [5.74, 6) is 0.